The van der Waals surface area contributed by atoms with E-state index in [9.17, 15) is 10.1 Å². The van der Waals surface area contributed by atoms with Crippen molar-refractivity contribution in [2.45, 2.75) is 13.3 Å². The number of hydrogen-bond donors (Lipinski definition) is 1. The lowest BCUT2D eigenvalue weighted by Gasteiger charge is -2.06. The molecule has 0 aliphatic heterocycles. The van der Waals surface area contributed by atoms with Crippen molar-refractivity contribution in [3.63, 3.8) is 0 Å². The molecule has 0 saturated heterocycles. The van der Waals surface area contributed by atoms with Crippen molar-refractivity contribution in [3.8, 4) is 0 Å². The molecule has 0 spiro atoms. The Labute approximate surface area is 104 Å². The van der Waals surface area contributed by atoms with E-state index in [4.69, 9.17) is 4.42 Å². The third-order valence-electron chi connectivity index (χ3n) is 2.52. The molecule has 2 aromatic heterocycles. The minimum absolute atomic E-state index is 0.00378. The largest absolute Gasteiger partial charge is 0.469 e. The van der Waals surface area contributed by atoms with Crippen LogP contribution in [0.4, 0.5) is 11.5 Å². The van der Waals surface area contributed by atoms with Crippen molar-refractivity contribution in [2.24, 2.45) is 0 Å². The first-order valence-corrected chi connectivity index (χ1v) is 5.54. The number of anilines is 1. The summed E-state index contributed by atoms with van der Waals surface area (Å²) in [6.07, 6.45) is 3.62. The predicted molar refractivity (Wildman–Crippen MR) is 66.5 cm³/mol. The molecule has 0 bridgehead atoms. The Hall–Kier alpha value is -2.37. The van der Waals surface area contributed by atoms with Crippen molar-refractivity contribution in [3.05, 3.63) is 52.1 Å². The lowest BCUT2D eigenvalue weighted by molar-refractivity contribution is -0.385. The molecular weight excluding hydrogens is 234 g/mol. The summed E-state index contributed by atoms with van der Waals surface area (Å²) in [4.78, 5) is 14.1. The van der Waals surface area contributed by atoms with E-state index in [1.54, 1.807) is 13.2 Å². The van der Waals surface area contributed by atoms with Crippen LogP contribution in [0.2, 0.25) is 0 Å². The molecular formula is C12H13N3O3. The maximum Gasteiger partial charge on any atom is 0.287 e. The van der Waals surface area contributed by atoms with Crippen LogP contribution in [0, 0.1) is 17.0 Å². The van der Waals surface area contributed by atoms with E-state index in [0.717, 1.165) is 17.7 Å². The third kappa shape index (κ3) is 2.85. The van der Waals surface area contributed by atoms with E-state index < -0.39 is 4.92 Å². The number of nitrogens with zero attached hydrogens (tertiary/aromatic N) is 2. The Kier molecular flexibility index (Phi) is 3.57. The number of pyridine rings is 1. The van der Waals surface area contributed by atoms with Crippen LogP contribution in [0.1, 0.15) is 11.3 Å². The van der Waals surface area contributed by atoms with Gasteiger partial charge in [0, 0.05) is 19.0 Å². The monoisotopic (exact) mass is 247 g/mol. The maximum absolute atomic E-state index is 10.6. The first-order valence-electron chi connectivity index (χ1n) is 5.54. The minimum atomic E-state index is -0.452. The molecule has 0 aromatic carbocycles. The fourth-order valence-electron chi connectivity index (χ4n) is 1.60. The molecule has 0 saturated carbocycles. The summed E-state index contributed by atoms with van der Waals surface area (Å²) >= 11 is 0. The van der Waals surface area contributed by atoms with E-state index in [2.05, 4.69) is 10.3 Å². The standard InChI is InChI=1S/C12H13N3O3/c1-9-7-10(15(16)17)8-14-12(9)13-5-4-11-3-2-6-18-11/h2-3,6-8H,4-5H2,1H3,(H,13,14). The zero-order valence-corrected chi connectivity index (χ0v) is 9.92. The Morgan fingerprint density at radius 2 is 2.39 bits per heavy atom. The van der Waals surface area contributed by atoms with Gasteiger partial charge >= 0.3 is 0 Å². The van der Waals surface area contributed by atoms with E-state index in [1.165, 1.54) is 12.3 Å². The number of aryl methyl sites for hydroxylation is 1. The second kappa shape index (κ2) is 5.31. The van der Waals surface area contributed by atoms with E-state index >= 15 is 0 Å². The van der Waals surface area contributed by atoms with Crippen molar-refractivity contribution in [2.75, 3.05) is 11.9 Å². The van der Waals surface area contributed by atoms with Gasteiger partial charge in [-0.05, 0) is 24.6 Å². The van der Waals surface area contributed by atoms with Crippen LogP contribution in [-0.4, -0.2) is 16.5 Å². The fourth-order valence-corrected chi connectivity index (χ4v) is 1.60. The first kappa shape index (κ1) is 12.1. The van der Waals surface area contributed by atoms with Gasteiger partial charge in [-0.25, -0.2) is 4.98 Å². The van der Waals surface area contributed by atoms with Crippen LogP contribution in [0.15, 0.2) is 35.1 Å². The van der Waals surface area contributed by atoms with Gasteiger partial charge in [-0.3, -0.25) is 10.1 Å². The van der Waals surface area contributed by atoms with Gasteiger partial charge < -0.3 is 9.73 Å². The van der Waals surface area contributed by atoms with Crippen LogP contribution < -0.4 is 5.32 Å². The summed E-state index contributed by atoms with van der Waals surface area (Å²) < 4.78 is 5.20. The molecule has 94 valence electrons. The molecule has 0 unspecified atom stereocenters. The van der Waals surface area contributed by atoms with Gasteiger partial charge in [0.05, 0.1) is 11.2 Å². The summed E-state index contributed by atoms with van der Waals surface area (Å²) in [5.41, 5.74) is 0.757. The Bertz CT molecular complexity index is 538. The SMILES string of the molecule is Cc1cc([N+](=O)[O-])cnc1NCCc1ccco1. The highest BCUT2D eigenvalue weighted by molar-refractivity contribution is 5.48. The van der Waals surface area contributed by atoms with Gasteiger partial charge in [0.1, 0.15) is 17.8 Å². The van der Waals surface area contributed by atoms with Crippen LogP contribution in [0.5, 0.6) is 0 Å². The zero-order chi connectivity index (χ0) is 13.0. The van der Waals surface area contributed by atoms with Gasteiger partial charge in [-0.15, -0.1) is 0 Å². The first-order chi connectivity index (χ1) is 8.66. The van der Waals surface area contributed by atoms with Gasteiger partial charge in [0.25, 0.3) is 5.69 Å². The van der Waals surface area contributed by atoms with Crippen molar-refractivity contribution >= 4 is 11.5 Å². The summed E-state index contributed by atoms with van der Waals surface area (Å²) in [7, 11) is 0. The molecule has 2 aromatic rings. The molecule has 18 heavy (non-hydrogen) atoms. The quantitative estimate of drug-likeness (QED) is 0.648. The van der Waals surface area contributed by atoms with E-state index in [-0.39, 0.29) is 5.69 Å². The normalized spacial score (nSPS) is 10.3. The van der Waals surface area contributed by atoms with Gasteiger partial charge in [-0.2, -0.15) is 0 Å². The molecule has 0 amide bonds. The molecule has 6 heteroatoms. The van der Waals surface area contributed by atoms with Gasteiger partial charge in [0.2, 0.25) is 0 Å². The van der Waals surface area contributed by atoms with Crippen LogP contribution in [0.25, 0.3) is 0 Å². The summed E-state index contributed by atoms with van der Waals surface area (Å²) in [6, 6.07) is 5.24. The van der Waals surface area contributed by atoms with Crippen LogP contribution in [-0.2, 0) is 6.42 Å². The Balaban J connectivity index is 1.95. The van der Waals surface area contributed by atoms with E-state index in [1.807, 2.05) is 12.1 Å². The topological polar surface area (TPSA) is 81.2 Å². The summed E-state index contributed by atoms with van der Waals surface area (Å²) in [5.74, 6) is 1.55. The second-order valence-corrected chi connectivity index (χ2v) is 3.87. The van der Waals surface area contributed by atoms with E-state index in [0.29, 0.717) is 12.4 Å². The van der Waals surface area contributed by atoms with Gasteiger partial charge in [0.15, 0.2) is 0 Å². The predicted octanol–water partition coefficient (Wildman–Crippen LogP) is 2.55. The molecule has 0 aliphatic carbocycles. The molecule has 0 fully saturated rings. The molecule has 1 N–H and O–H groups in total. The molecule has 0 atom stereocenters. The highest BCUT2D eigenvalue weighted by atomic mass is 16.6. The zero-order valence-electron chi connectivity index (χ0n) is 9.92. The summed E-state index contributed by atoms with van der Waals surface area (Å²) in [5, 5.41) is 13.7. The number of rotatable bonds is 5. The molecule has 0 aliphatic rings. The number of hydrogen-bond acceptors (Lipinski definition) is 5. The molecule has 6 nitrogen and oxygen atoms in total. The lowest BCUT2D eigenvalue weighted by atomic mass is 10.2. The van der Waals surface area contributed by atoms with Crippen molar-refractivity contribution < 1.29 is 9.34 Å². The Morgan fingerprint density at radius 1 is 1.56 bits per heavy atom. The number of nitrogens with one attached hydrogen (secondary N) is 1. The summed E-state index contributed by atoms with van der Waals surface area (Å²) in [6.45, 7) is 2.45. The van der Waals surface area contributed by atoms with Crippen LogP contribution in [0.3, 0.4) is 0 Å². The third-order valence-corrected chi connectivity index (χ3v) is 2.52. The van der Waals surface area contributed by atoms with Crippen molar-refractivity contribution in [1.29, 1.82) is 0 Å². The molecule has 2 rings (SSSR count). The lowest BCUT2D eigenvalue weighted by Crippen LogP contribution is -2.07. The average molecular weight is 247 g/mol. The average Bonchev–Trinajstić information content (AvgIpc) is 2.84. The maximum atomic E-state index is 10.6. The van der Waals surface area contributed by atoms with Crippen molar-refractivity contribution in [1.82, 2.24) is 4.98 Å². The molecule has 2 heterocycles. The Morgan fingerprint density at radius 3 is 3.00 bits per heavy atom. The second-order valence-electron chi connectivity index (χ2n) is 3.87. The smallest absolute Gasteiger partial charge is 0.287 e. The number of aromatic nitrogens is 1. The highest BCUT2D eigenvalue weighted by Crippen LogP contribution is 2.17. The van der Waals surface area contributed by atoms with Crippen LogP contribution >= 0.6 is 0 Å². The fraction of sp³-hybridized carbons (Fsp3) is 0.250. The number of furan rings is 1. The minimum Gasteiger partial charge on any atom is -0.469 e. The number of nitro groups is 1. The molecule has 0 radical (unpaired) electrons. The van der Waals surface area contributed by atoms with Gasteiger partial charge in [-0.1, -0.05) is 0 Å². The highest BCUT2D eigenvalue weighted by Gasteiger charge is 2.09.